The third-order valence-corrected chi connectivity index (χ3v) is 3.28. The highest BCUT2D eigenvalue weighted by molar-refractivity contribution is 9.10. The molecule has 2 nitrogen and oxygen atoms in total. The van der Waals surface area contributed by atoms with E-state index in [1.807, 2.05) is 12.1 Å². The lowest BCUT2D eigenvalue weighted by Crippen LogP contribution is -2.10. The molecule has 0 aromatic heterocycles. The second kappa shape index (κ2) is 6.79. The summed E-state index contributed by atoms with van der Waals surface area (Å²) in [5, 5.41) is 2.40. The monoisotopic (exact) mass is 369 g/mol. The zero-order valence-electron chi connectivity index (χ0n) is 11.2. The molecule has 0 heterocycles. The van der Waals surface area contributed by atoms with Gasteiger partial charge in [0, 0.05) is 16.2 Å². The normalized spacial score (nSPS) is 11.6. The molecule has 0 saturated carbocycles. The molecule has 2 aromatic rings. The molecule has 1 amide bonds. The summed E-state index contributed by atoms with van der Waals surface area (Å²) in [6.45, 7) is 0. The van der Waals surface area contributed by atoms with Gasteiger partial charge in [0.15, 0.2) is 0 Å². The quantitative estimate of drug-likeness (QED) is 0.747. The molecule has 114 valence electrons. The fraction of sp³-hybridized carbons (Fsp3) is 0.0625. The molecule has 0 atom stereocenters. The van der Waals surface area contributed by atoms with E-state index >= 15 is 0 Å². The van der Waals surface area contributed by atoms with Crippen LogP contribution in [0.3, 0.4) is 0 Å². The highest BCUT2D eigenvalue weighted by Gasteiger charge is 2.30. The summed E-state index contributed by atoms with van der Waals surface area (Å²) in [4.78, 5) is 11.7. The van der Waals surface area contributed by atoms with Crippen LogP contribution in [0.25, 0.3) is 6.08 Å². The molecule has 0 unspecified atom stereocenters. The molecule has 0 aliphatic carbocycles. The molecule has 0 aliphatic heterocycles. The maximum atomic E-state index is 12.6. The van der Waals surface area contributed by atoms with Gasteiger partial charge in [0.25, 0.3) is 0 Å². The predicted molar refractivity (Wildman–Crippen MR) is 83.2 cm³/mol. The van der Waals surface area contributed by atoms with Crippen LogP contribution < -0.4 is 5.32 Å². The van der Waals surface area contributed by atoms with E-state index in [-0.39, 0.29) is 5.69 Å². The maximum Gasteiger partial charge on any atom is 0.416 e. The van der Waals surface area contributed by atoms with Gasteiger partial charge in [0.1, 0.15) is 0 Å². The molecule has 2 aromatic carbocycles. The van der Waals surface area contributed by atoms with Gasteiger partial charge in [0.2, 0.25) is 5.91 Å². The number of nitrogens with one attached hydrogen (secondary N) is 1. The fourth-order valence-electron chi connectivity index (χ4n) is 1.70. The second-order valence-corrected chi connectivity index (χ2v) is 5.37. The van der Waals surface area contributed by atoms with Crippen molar-refractivity contribution in [3.05, 3.63) is 70.2 Å². The van der Waals surface area contributed by atoms with Crippen LogP contribution in [0.2, 0.25) is 0 Å². The van der Waals surface area contributed by atoms with Crippen LogP contribution in [0.5, 0.6) is 0 Å². The Hall–Kier alpha value is -2.08. The first-order valence-electron chi connectivity index (χ1n) is 6.26. The van der Waals surface area contributed by atoms with Crippen molar-refractivity contribution < 1.29 is 18.0 Å². The summed E-state index contributed by atoms with van der Waals surface area (Å²) in [5.41, 5.74) is 0.102. The number of carbonyl (C=O) groups excluding carboxylic acids is 1. The van der Waals surface area contributed by atoms with Crippen molar-refractivity contribution in [2.45, 2.75) is 6.18 Å². The number of hydrogen-bond donors (Lipinski definition) is 1. The van der Waals surface area contributed by atoms with Crippen LogP contribution >= 0.6 is 15.9 Å². The molecule has 6 heteroatoms. The minimum absolute atomic E-state index is 0.0975. The highest BCUT2D eigenvalue weighted by atomic mass is 79.9. The lowest BCUT2D eigenvalue weighted by atomic mass is 10.2. The molecule has 0 saturated heterocycles. The molecule has 0 aliphatic rings. The van der Waals surface area contributed by atoms with E-state index in [0.717, 1.165) is 22.2 Å². The van der Waals surface area contributed by atoms with Crippen molar-refractivity contribution in [1.82, 2.24) is 0 Å². The summed E-state index contributed by atoms with van der Waals surface area (Å²) in [5.74, 6) is -0.498. The molecule has 1 N–H and O–H groups in total. The number of benzene rings is 2. The van der Waals surface area contributed by atoms with E-state index in [0.29, 0.717) is 0 Å². The van der Waals surface area contributed by atoms with Gasteiger partial charge in [-0.05, 0) is 42.0 Å². The number of hydrogen-bond acceptors (Lipinski definition) is 1. The number of halogens is 4. The lowest BCUT2D eigenvalue weighted by molar-refractivity contribution is -0.137. The van der Waals surface area contributed by atoms with Crippen LogP contribution in [-0.4, -0.2) is 5.91 Å². The van der Waals surface area contributed by atoms with Crippen molar-refractivity contribution in [2.24, 2.45) is 0 Å². The van der Waals surface area contributed by atoms with Gasteiger partial charge in [-0.1, -0.05) is 34.1 Å². The maximum absolute atomic E-state index is 12.6. The summed E-state index contributed by atoms with van der Waals surface area (Å²) in [6, 6.07) is 11.8. The predicted octanol–water partition coefficient (Wildman–Crippen LogP) is 5.12. The van der Waals surface area contributed by atoms with Crippen molar-refractivity contribution in [1.29, 1.82) is 0 Å². The van der Waals surface area contributed by atoms with Gasteiger partial charge in [0.05, 0.1) is 5.56 Å². The number of anilines is 1. The lowest BCUT2D eigenvalue weighted by Gasteiger charge is -2.08. The van der Waals surface area contributed by atoms with Crippen molar-refractivity contribution in [2.75, 3.05) is 5.32 Å². The third kappa shape index (κ3) is 4.73. The average molecular weight is 370 g/mol. The number of carbonyl (C=O) groups is 1. The van der Waals surface area contributed by atoms with Crippen LogP contribution in [0, 0.1) is 0 Å². The Bertz CT molecular complexity index is 693. The topological polar surface area (TPSA) is 29.1 Å². The van der Waals surface area contributed by atoms with E-state index < -0.39 is 17.6 Å². The zero-order valence-corrected chi connectivity index (χ0v) is 12.8. The minimum Gasteiger partial charge on any atom is -0.322 e. The molecule has 0 bridgehead atoms. The summed E-state index contributed by atoms with van der Waals surface area (Å²) in [7, 11) is 0. The molecule has 22 heavy (non-hydrogen) atoms. The Kier molecular flexibility index (Phi) is 5.03. The van der Waals surface area contributed by atoms with Gasteiger partial charge in [-0.2, -0.15) is 13.2 Å². The average Bonchev–Trinajstić information content (AvgIpc) is 2.46. The van der Waals surface area contributed by atoms with Crippen LogP contribution in [0.1, 0.15) is 11.1 Å². The summed E-state index contributed by atoms with van der Waals surface area (Å²) in [6.07, 6.45) is -1.59. The largest absolute Gasteiger partial charge is 0.416 e. The van der Waals surface area contributed by atoms with Gasteiger partial charge in [-0.25, -0.2) is 0 Å². The van der Waals surface area contributed by atoms with Gasteiger partial charge in [-0.15, -0.1) is 0 Å². The molecular formula is C16H11BrF3NO. The highest BCUT2D eigenvalue weighted by Crippen LogP contribution is 2.30. The van der Waals surface area contributed by atoms with Crippen molar-refractivity contribution in [3.8, 4) is 0 Å². The van der Waals surface area contributed by atoms with Gasteiger partial charge in [-0.3, -0.25) is 4.79 Å². The molecule has 0 spiro atoms. The van der Waals surface area contributed by atoms with Crippen LogP contribution in [0.4, 0.5) is 18.9 Å². The summed E-state index contributed by atoms with van der Waals surface area (Å²) >= 11 is 3.30. The minimum atomic E-state index is -4.44. The number of rotatable bonds is 3. The van der Waals surface area contributed by atoms with Crippen LogP contribution in [-0.2, 0) is 11.0 Å². The molecule has 0 fully saturated rings. The third-order valence-electron chi connectivity index (χ3n) is 2.75. The molecule has 2 rings (SSSR count). The van der Waals surface area contributed by atoms with Crippen molar-refractivity contribution in [3.63, 3.8) is 0 Å². The Balaban J connectivity index is 2.04. The van der Waals surface area contributed by atoms with Gasteiger partial charge >= 0.3 is 6.18 Å². The first-order valence-corrected chi connectivity index (χ1v) is 7.06. The Morgan fingerprint density at radius 3 is 2.41 bits per heavy atom. The van der Waals surface area contributed by atoms with E-state index in [4.69, 9.17) is 0 Å². The first-order chi connectivity index (χ1) is 10.3. The second-order valence-electron chi connectivity index (χ2n) is 4.45. The number of alkyl halides is 3. The van der Waals surface area contributed by atoms with E-state index in [1.165, 1.54) is 18.2 Å². The van der Waals surface area contributed by atoms with E-state index in [1.54, 1.807) is 18.2 Å². The smallest absolute Gasteiger partial charge is 0.322 e. The van der Waals surface area contributed by atoms with Gasteiger partial charge < -0.3 is 5.32 Å². The van der Waals surface area contributed by atoms with E-state index in [2.05, 4.69) is 21.2 Å². The number of amides is 1. The zero-order chi connectivity index (χ0) is 16.2. The molecular weight excluding hydrogens is 359 g/mol. The van der Waals surface area contributed by atoms with Crippen molar-refractivity contribution >= 4 is 33.6 Å². The fourth-order valence-corrected chi connectivity index (χ4v) is 1.97. The SMILES string of the molecule is O=C(C=Cc1ccc(Br)cc1)Nc1cccc(C(F)(F)F)c1. The Labute approximate surface area is 133 Å². The molecule has 0 radical (unpaired) electrons. The van der Waals surface area contributed by atoms with E-state index in [9.17, 15) is 18.0 Å². The van der Waals surface area contributed by atoms with Crippen LogP contribution in [0.15, 0.2) is 59.1 Å². The first kappa shape index (κ1) is 16.3. The summed E-state index contributed by atoms with van der Waals surface area (Å²) < 4.78 is 38.6. The Morgan fingerprint density at radius 1 is 1.09 bits per heavy atom. The standard InChI is InChI=1S/C16H11BrF3NO/c17-13-7-4-11(5-8-13)6-9-15(22)21-14-3-1-2-12(10-14)16(18,19)20/h1-10H,(H,21,22). The Morgan fingerprint density at radius 2 is 1.77 bits per heavy atom.